The average Bonchev–Trinajstić information content (AvgIpc) is 2.36. The maximum Gasteiger partial charge on any atom is 0.317 e. The Kier molecular flexibility index (Phi) is 6.14. The van der Waals surface area contributed by atoms with Crippen LogP contribution in [0.4, 0.5) is 0 Å². The van der Waals surface area contributed by atoms with Crippen LogP contribution in [0.1, 0.15) is 15.9 Å². The Morgan fingerprint density at radius 2 is 1.75 bits per heavy atom. The molecule has 0 heterocycles. The van der Waals surface area contributed by atoms with Crippen LogP contribution in [-0.2, 0) is 11.3 Å². The molecule has 0 bridgehead atoms. The lowest BCUT2D eigenvalue weighted by molar-refractivity contribution is -0.138. The number of carboxylic acid groups (broad SMARTS) is 1. The van der Waals surface area contributed by atoms with E-state index in [1.54, 1.807) is 24.3 Å². The molecule has 0 radical (unpaired) electrons. The van der Waals surface area contributed by atoms with E-state index in [1.165, 1.54) is 0 Å². The summed E-state index contributed by atoms with van der Waals surface area (Å²) in [5, 5.41) is 8.93. The van der Waals surface area contributed by atoms with Crippen LogP contribution in [-0.4, -0.2) is 60.5 Å². The molecular formula is C14H21N3O3. The zero-order valence-electron chi connectivity index (χ0n) is 11.9. The quantitative estimate of drug-likeness (QED) is 0.711. The van der Waals surface area contributed by atoms with Gasteiger partial charge < -0.3 is 15.7 Å². The van der Waals surface area contributed by atoms with Gasteiger partial charge in [-0.15, -0.1) is 0 Å². The Balaban J connectivity index is 2.67. The molecule has 0 saturated carbocycles. The molecule has 0 atom stereocenters. The molecule has 1 rings (SSSR count). The Morgan fingerprint density at radius 3 is 2.20 bits per heavy atom. The first-order valence-electron chi connectivity index (χ1n) is 6.36. The summed E-state index contributed by atoms with van der Waals surface area (Å²) in [5.41, 5.74) is 6.58. The third kappa shape index (κ3) is 5.81. The van der Waals surface area contributed by atoms with Crippen molar-refractivity contribution in [3.63, 3.8) is 0 Å². The molecule has 0 saturated heterocycles. The number of likely N-dealkylation sites (N-methyl/N-ethyl adjacent to an activating group) is 1. The van der Waals surface area contributed by atoms with Gasteiger partial charge in [-0.05, 0) is 31.8 Å². The van der Waals surface area contributed by atoms with Gasteiger partial charge in [0.05, 0.1) is 6.54 Å². The minimum Gasteiger partial charge on any atom is -0.480 e. The highest BCUT2D eigenvalue weighted by atomic mass is 16.4. The van der Waals surface area contributed by atoms with Crippen LogP contribution in [0.15, 0.2) is 24.3 Å². The fraction of sp³-hybridized carbons (Fsp3) is 0.429. The van der Waals surface area contributed by atoms with Crippen LogP contribution in [0, 0.1) is 0 Å². The van der Waals surface area contributed by atoms with Gasteiger partial charge in [0.15, 0.2) is 0 Å². The SMILES string of the molecule is CN(C)CCN(CC(=O)O)Cc1ccc(C(N)=O)cc1. The van der Waals surface area contributed by atoms with E-state index in [1.807, 2.05) is 23.9 Å². The molecule has 1 aromatic carbocycles. The molecule has 0 aliphatic rings. The summed E-state index contributed by atoms with van der Waals surface area (Å²) in [5.74, 6) is -1.32. The molecular weight excluding hydrogens is 258 g/mol. The van der Waals surface area contributed by atoms with E-state index in [4.69, 9.17) is 10.8 Å². The lowest BCUT2D eigenvalue weighted by atomic mass is 10.1. The molecule has 20 heavy (non-hydrogen) atoms. The van der Waals surface area contributed by atoms with Gasteiger partial charge in [0, 0.05) is 25.2 Å². The molecule has 110 valence electrons. The third-order valence-electron chi connectivity index (χ3n) is 2.87. The topological polar surface area (TPSA) is 86.9 Å². The van der Waals surface area contributed by atoms with E-state index in [-0.39, 0.29) is 6.54 Å². The second-order valence-corrected chi connectivity index (χ2v) is 4.97. The molecule has 0 aliphatic carbocycles. The molecule has 0 spiro atoms. The fourth-order valence-corrected chi connectivity index (χ4v) is 1.78. The van der Waals surface area contributed by atoms with Crippen LogP contribution in [0.25, 0.3) is 0 Å². The maximum absolute atomic E-state index is 11.0. The highest BCUT2D eigenvalue weighted by Gasteiger charge is 2.11. The zero-order chi connectivity index (χ0) is 15.1. The molecule has 6 nitrogen and oxygen atoms in total. The Labute approximate surface area is 118 Å². The predicted molar refractivity (Wildman–Crippen MR) is 76.4 cm³/mol. The van der Waals surface area contributed by atoms with Crippen molar-refractivity contribution in [1.29, 1.82) is 0 Å². The number of nitrogens with zero attached hydrogens (tertiary/aromatic N) is 2. The second-order valence-electron chi connectivity index (χ2n) is 4.97. The van der Waals surface area contributed by atoms with E-state index >= 15 is 0 Å². The summed E-state index contributed by atoms with van der Waals surface area (Å²) in [6.45, 7) is 1.97. The number of carboxylic acids is 1. The minimum atomic E-state index is -0.850. The standard InChI is InChI=1S/C14H21N3O3/c1-16(2)7-8-17(10-13(18)19)9-11-3-5-12(6-4-11)14(15)20/h3-6H,7-10H2,1-2H3,(H2,15,20)(H,18,19). The van der Waals surface area contributed by atoms with E-state index in [0.717, 1.165) is 12.1 Å². The third-order valence-corrected chi connectivity index (χ3v) is 2.87. The monoisotopic (exact) mass is 279 g/mol. The highest BCUT2D eigenvalue weighted by Crippen LogP contribution is 2.07. The number of aliphatic carboxylic acids is 1. The Morgan fingerprint density at radius 1 is 1.15 bits per heavy atom. The van der Waals surface area contributed by atoms with E-state index in [0.29, 0.717) is 18.7 Å². The Bertz CT molecular complexity index is 457. The zero-order valence-corrected chi connectivity index (χ0v) is 11.9. The number of primary amides is 1. The fourth-order valence-electron chi connectivity index (χ4n) is 1.78. The average molecular weight is 279 g/mol. The molecule has 3 N–H and O–H groups in total. The molecule has 1 amide bonds. The first-order valence-corrected chi connectivity index (χ1v) is 6.36. The normalized spacial score (nSPS) is 11.0. The van der Waals surface area contributed by atoms with Crippen molar-refractivity contribution >= 4 is 11.9 Å². The summed E-state index contributed by atoms with van der Waals surface area (Å²) in [6, 6.07) is 6.90. The first-order chi connectivity index (χ1) is 9.38. The van der Waals surface area contributed by atoms with E-state index in [9.17, 15) is 9.59 Å². The number of hydrogen-bond acceptors (Lipinski definition) is 4. The first kappa shape index (κ1) is 16.1. The number of carbonyl (C=O) groups is 2. The summed E-state index contributed by atoms with van der Waals surface area (Å²) >= 11 is 0. The molecule has 0 fully saturated rings. The van der Waals surface area contributed by atoms with Crippen LogP contribution < -0.4 is 5.73 Å². The molecule has 6 heteroatoms. The van der Waals surface area contributed by atoms with Crippen molar-refractivity contribution < 1.29 is 14.7 Å². The van der Waals surface area contributed by atoms with Crippen LogP contribution >= 0.6 is 0 Å². The minimum absolute atomic E-state index is 0.00852. The maximum atomic E-state index is 11.0. The van der Waals surface area contributed by atoms with Crippen molar-refractivity contribution in [3.05, 3.63) is 35.4 Å². The summed E-state index contributed by atoms with van der Waals surface area (Å²) in [6.07, 6.45) is 0. The van der Waals surface area contributed by atoms with Gasteiger partial charge in [-0.2, -0.15) is 0 Å². The smallest absolute Gasteiger partial charge is 0.317 e. The highest BCUT2D eigenvalue weighted by molar-refractivity contribution is 5.92. The van der Waals surface area contributed by atoms with Gasteiger partial charge >= 0.3 is 5.97 Å². The van der Waals surface area contributed by atoms with Gasteiger partial charge in [0.1, 0.15) is 0 Å². The summed E-state index contributed by atoms with van der Waals surface area (Å²) < 4.78 is 0. The van der Waals surface area contributed by atoms with Crippen molar-refractivity contribution in [2.75, 3.05) is 33.7 Å². The number of nitrogens with two attached hydrogens (primary N) is 1. The second kappa shape index (κ2) is 7.62. The summed E-state index contributed by atoms with van der Waals surface area (Å²) in [7, 11) is 3.89. The lowest BCUT2D eigenvalue weighted by Crippen LogP contribution is -2.35. The van der Waals surface area contributed by atoms with Crippen molar-refractivity contribution in [2.24, 2.45) is 5.73 Å². The van der Waals surface area contributed by atoms with Crippen LogP contribution in [0.2, 0.25) is 0 Å². The number of rotatable bonds is 8. The van der Waals surface area contributed by atoms with Gasteiger partial charge in [-0.25, -0.2) is 0 Å². The number of carbonyl (C=O) groups excluding carboxylic acids is 1. The van der Waals surface area contributed by atoms with E-state index < -0.39 is 11.9 Å². The largest absolute Gasteiger partial charge is 0.480 e. The lowest BCUT2D eigenvalue weighted by Gasteiger charge is -2.22. The van der Waals surface area contributed by atoms with Gasteiger partial charge in [-0.3, -0.25) is 14.5 Å². The van der Waals surface area contributed by atoms with Crippen molar-refractivity contribution in [2.45, 2.75) is 6.54 Å². The number of benzene rings is 1. The van der Waals surface area contributed by atoms with E-state index in [2.05, 4.69) is 0 Å². The van der Waals surface area contributed by atoms with Gasteiger partial charge in [0.2, 0.25) is 5.91 Å². The van der Waals surface area contributed by atoms with Crippen LogP contribution in [0.3, 0.4) is 0 Å². The van der Waals surface area contributed by atoms with Crippen LogP contribution in [0.5, 0.6) is 0 Å². The Hall–Kier alpha value is -1.92. The molecule has 1 aromatic rings. The van der Waals surface area contributed by atoms with Gasteiger partial charge in [0.25, 0.3) is 0 Å². The molecule has 0 aromatic heterocycles. The summed E-state index contributed by atoms with van der Waals surface area (Å²) in [4.78, 5) is 25.7. The molecule has 0 aliphatic heterocycles. The van der Waals surface area contributed by atoms with Gasteiger partial charge in [-0.1, -0.05) is 12.1 Å². The number of amides is 1. The van der Waals surface area contributed by atoms with Crippen molar-refractivity contribution in [3.8, 4) is 0 Å². The van der Waals surface area contributed by atoms with Crippen molar-refractivity contribution in [1.82, 2.24) is 9.80 Å². The molecule has 0 unspecified atom stereocenters. The number of hydrogen-bond donors (Lipinski definition) is 2. The predicted octanol–water partition coefficient (Wildman–Crippen LogP) is 0.234.